The molecule has 2 amide bonds. The second-order valence-corrected chi connectivity index (χ2v) is 4.90. The summed E-state index contributed by atoms with van der Waals surface area (Å²) in [5, 5.41) is 2.80. The van der Waals surface area contributed by atoms with Crippen LogP contribution in [-0.4, -0.2) is 23.0 Å². The number of rotatable bonds is 3. The number of furan rings is 1. The van der Waals surface area contributed by atoms with Crippen molar-refractivity contribution >= 4 is 11.8 Å². The maximum absolute atomic E-state index is 12.2. The number of anilines is 1. The molecule has 2 rings (SSSR count). The summed E-state index contributed by atoms with van der Waals surface area (Å²) in [5.74, 6) is 1.31. The van der Waals surface area contributed by atoms with Crippen molar-refractivity contribution in [3.63, 3.8) is 0 Å². The van der Waals surface area contributed by atoms with Gasteiger partial charge in [0.2, 0.25) is 0 Å². The van der Waals surface area contributed by atoms with Gasteiger partial charge in [-0.2, -0.15) is 0 Å². The number of amides is 2. The molecular weight excluding hydrogens is 254 g/mol. The number of aromatic nitrogens is 1. The van der Waals surface area contributed by atoms with Gasteiger partial charge in [0.1, 0.15) is 11.6 Å². The number of aryl methyl sites for hydroxylation is 2. The third-order valence-electron chi connectivity index (χ3n) is 3.19. The van der Waals surface area contributed by atoms with E-state index in [0.29, 0.717) is 5.82 Å². The molecule has 2 aromatic rings. The van der Waals surface area contributed by atoms with Crippen LogP contribution in [0.15, 0.2) is 34.9 Å². The van der Waals surface area contributed by atoms with Crippen molar-refractivity contribution < 1.29 is 9.21 Å². The van der Waals surface area contributed by atoms with Crippen LogP contribution in [0.25, 0.3) is 0 Å². The van der Waals surface area contributed by atoms with Gasteiger partial charge in [0.15, 0.2) is 0 Å². The molecule has 2 heterocycles. The fourth-order valence-electron chi connectivity index (χ4n) is 2.00. The first-order chi connectivity index (χ1) is 9.47. The number of pyridine rings is 1. The van der Waals surface area contributed by atoms with E-state index in [1.165, 1.54) is 0 Å². The monoisotopic (exact) mass is 273 g/mol. The minimum Gasteiger partial charge on any atom is -0.467 e. The Morgan fingerprint density at radius 2 is 2.15 bits per heavy atom. The van der Waals surface area contributed by atoms with Gasteiger partial charge in [-0.1, -0.05) is 0 Å². The van der Waals surface area contributed by atoms with Gasteiger partial charge >= 0.3 is 6.03 Å². The lowest BCUT2D eigenvalue weighted by Gasteiger charge is -2.23. The second-order valence-electron chi connectivity index (χ2n) is 4.90. The summed E-state index contributed by atoms with van der Waals surface area (Å²) in [6.45, 7) is 5.78. The number of hydrogen-bond acceptors (Lipinski definition) is 3. The van der Waals surface area contributed by atoms with Crippen LogP contribution < -0.4 is 5.32 Å². The number of nitrogens with one attached hydrogen (secondary N) is 1. The minimum absolute atomic E-state index is 0.143. The third kappa shape index (κ3) is 3.17. The average Bonchev–Trinajstić information content (AvgIpc) is 2.89. The van der Waals surface area contributed by atoms with Crippen LogP contribution in [0.1, 0.15) is 30.0 Å². The van der Waals surface area contributed by atoms with Gasteiger partial charge in [-0.25, -0.2) is 9.78 Å². The van der Waals surface area contributed by atoms with Crippen LogP contribution in [-0.2, 0) is 0 Å². The molecule has 0 radical (unpaired) electrons. The fraction of sp³-hybridized carbons (Fsp3) is 0.333. The molecule has 0 unspecified atom stereocenters. The van der Waals surface area contributed by atoms with Gasteiger partial charge < -0.3 is 9.32 Å². The first-order valence-corrected chi connectivity index (χ1v) is 6.50. The van der Waals surface area contributed by atoms with Crippen molar-refractivity contribution in [2.75, 3.05) is 12.4 Å². The van der Waals surface area contributed by atoms with E-state index in [4.69, 9.17) is 4.42 Å². The molecule has 2 aromatic heterocycles. The lowest BCUT2D eigenvalue weighted by Crippen LogP contribution is -2.33. The van der Waals surface area contributed by atoms with E-state index in [9.17, 15) is 4.79 Å². The molecule has 0 saturated heterocycles. The van der Waals surface area contributed by atoms with Crippen LogP contribution >= 0.6 is 0 Å². The number of hydrogen-bond donors (Lipinski definition) is 1. The minimum atomic E-state index is -0.216. The van der Waals surface area contributed by atoms with Gasteiger partial charge in [0, 0.05) is 12.7 Å². The molecule has 5 heteroatoms. The van der Waals surface area contributed by atoms with Gasteiger partial charge in [-0.05, 0) is 50.6 Å². The first kappa shape index (κ1) is 14.1. The van der Waals surface area contributed by atoms with Crippen LogP contribution in [0.5, 0.6) is 0 Å². The van der Waals surface area contributed by atoms with E-state index < -0.39 is 0 Å². The largest absolute Gasteiger partial charge is 0.467 e. The summed E-state index contributed by atoms with van der Waals surface area (Å²) in [7, 11) is 1.73. The maximum Gasteiger partial charge on any atom is 0.323 e. The van der Waals surface area contributed by atoms with E-state index in [2.05, 4.69) is 10.3 Å². The highest BCUT2D eigenvalue weighted by molar-refractivity contribution is 5.88. The van der Waals surface area contributed by atoms with Crippen molar-refractivity contribution in [3.8, 4) is 0 Å². The Balaban J connectivity index is 2.07. The Kier molecular flexibility index (Phi) is 4.08. The Morgan fingerprint density at radius 1 is 1.40 bits per heavy atom. The Morgan fingerprint density at radius 3 is 2.75 bits per heavy atom. The number of nitrogens with zero attached hydrogens (tertiary/aromatic N) is 2. The van der Waals surface area contributed by atoms with Crippen LogP contribution in [0.2, 0.25) is 0 Å². The SMILES string of the molecule is Cc1cc(C)nc(NC(=O)N(C)[C@@H](C)c2ccco2)c1. The molecule has 0 bridgehead atoms. The molecule has 0 saturated carbocycles. The van der Waals surface area contributed by atoms with Gasteiger partial charge in [-0.3, -0.25) is 5.32 Å². The van der Waals surface area contributed by atoms with Gasteiger partial charge in [0.25, 0.3) is 0 Å². The smallest absolute Gasteiger partial charge is 0.323 e. The molecule has 106 valence electrons. The molecule has 1 N–H and O–H groups in total. The highest BCUT2D eigenvalue weighted by Gasteiger charge is 2.19. The van der Waals surface area contributed by atoms with Gasteiger partial charge in [0.05, 0.1) is 12.3 Å². The summed E-state index contributed by atoms with van der Waals surface area (Å²) in [4.78, 5) is 18.1. The van der Waals surface area contributed by atoms with Gasteiger partial charge in [-0.15, -0.1) is 0 Å². The third-order valence-corrected chi connectivity index (χ3v) is 3.19. The van der Waals surface area contributed by atoms with Crippen molar-refractivity contribution in [3.05, 3.63) is 47.5 Å². The molecule has 0 aliphatic heterocycles. The molecule has 1 atom stereocenters. The summed E-state index contributed by atoms with van der Waals surface area (Å²) in [6, 6.07) is 7.11. The van der Waals surface area contributed by atoms with Crippen molar-refractivity contribution in [1.82, 2.24) is 9.88 Å². The summed E-state index contributed by atoms with van der Waals surface area (Å²) in [6.07, 6.45) is 1.60. The van der Waals surface area contributed by atoms with E-state index in [1.807, 2.05) is 45.0 Å². The van der Waals surface area contributed by atoms with Crippen LogP contribution in [0.4, 0.5) is 10.6 Å². The zero-order chi connectivity index (χ0) is 14.7. The van der Waals surface area contributed by atoms with Crippen LogP contribution in [0.3, 0.4) is 0 Å². The Bertz CT molecular complexity index is 573. The maximum atomic E-state index is 12.2. The quantitative estimate of drug-likeness (QED) is 0.930. The normalized spacial score (nSPS) is 12.0. The topological polar surface area (TPSA) is 58.4 Å². The van der Waals surface area contributed by atoms with E-state index in [1.54, 1.807) is 18.2 Å². The standard InChI is InChI=1S/C15H19N3O2/c1-10-8-11(2)16-14(9-10)17-15(19)18(4)12(3)13-6-5-7-20-13/h5-9,12H,1-4H3,(H,16,17,19)/t12-/m0/s1. The number of carbonyl (C=O) groups excluding carboxylic acids is 1. The molecular formula is C15H19N3O2. The molecule has 0 aromatic carbocycles. The van der Waals surface area contributed by atoms with Crippen molar-refractivity contribution in [2.24, 2.45) is 0 Å². The van der Waals surface area contributed by atoms with E-state index in [0.717, 1.165) is 17.0 Å². The lowest BCUT2D eigenvalue weighted by atomic mass is 10.2. The van der Waals surface area contributed by atoms with Crippen molar-refractivity contribution in [2.45, 2.75) is 26.8 Å². The zero-order valence-electron chi connectivity index (χ0n) is 12.2. The molecule has 5 nitrogen and oxygen atoms in total. The highest BCUT2D eigenvalue weighted by atomic mass is 16.3. The molecule has 20 heavy (non-hydrogen) atoms. The predicted octanol–water partition coefficient (Wildman–Crippen LogP) is 3.52. The molecule has 0 spiro atoms. The molecule has 0 aliphatic rings. The summed E-state index contributed by atoms with van der Waals surface area (Å²) < 4.78 is 5.32. The van der Waals surface area contributed by atoms with Crippen molar-refractivity contribution in [1.29, 1.82) is 0 Å². The second kappa shape index (κ2) is 5.77. The highest BCUT2D eigenvalue weighted by Crippen LogP contribution is 2.20. The number of urea groups is 1. The van der Waals surface area contributed by atoms with E-state index in [-0.39, 0.29) is 12.1 Å². The van der Waals surface area contributed by atoms with Crippen LogP contribution in [0, 0.1) is 13.8 Å². The molecule has 0 fully saturated rings. The predicted molar refractivity (Wildman–Crippen MR) is 77.6 cm³/mol. The zero-order valence-corrected chi connectivity index (χ0v) is 12.2. The number of carbonyl (C=O) groups is 1. The first-order valence-electron chi connectivity index (χ1n) is 6.50. The summed E-state index contributed by atoms with van der Waals surface area (Å²) >= 11 is 0. The lowest BCUT2D eigenvalue weighted by molar-refractivity contribution is 0.201. The Hall–Kier alpha value is -2.30. The summed E-state index contributed by atoms with van der Waals surface area (Å²) in [5.41, 5.74) is 1.94. The fourth-order valence-corrected chi connectivity index (χ4v) is 2.00. The Labute approximate surface area is 118 Å². The van der Waals surface area contributed by atoms with E-state index >= 15 is 0 Å². The average molecular weight is 273 g/mol. The molecule has 0 aliphatic carbocycles.